The Morgan fingerprint density at radius 1 is 1.75 bits per heavy atom. The minimum Gasteiger partial charge on any atom is -0.383 e. The minimum absolute atomic E-state index is 0.631. The first-order valence-corrected chi connectivity index (χ1v) is 4.65. The molecule has 0 saturated heterocycles. The van der Waals surface area contributed by atoms with Crippen LogP contribution in [0.25, 0.3) is 0 Å². The van der Waals surface area contributed by atoms with Gasteiger partial charge in [-0.3, -0.25) is 4.79 Å². The van der Waals surface area contributed by atoms with Crippen LogP contribution in [0.5, 0.6) is 0 Å². The largest absolute Gasteiger partial charge is 0.383 e. The topological polar surface area (TPSA) is 31.2 Å². The first kappa shape index (κ1) is 9.73. The smallest absolute Gasteiger partial charge is 0.166 e. The van der Waals surface area contributed by atoms with Gasteiger partial charge in [-0.1, -0.05) is 0 Å². The standard InChI is InChI=1S/C8H10INO2/c1-12-3-2-10-5-7(9)4-8(10)6-11/h4-6H,2-3H2,1H3. The van der Waals surface area contributed by atoms with Crippen LogP contribution in [0, 0.1) is 3.57 Å². The molecule has 0 saturated carbocycles. The maximum absolute atomic E-state index is 10.5. The van der Waals surface area contributed by atoms with E-state index in [4.69, 9.17) is 4.74 Å². The second kappa shape index (κ2) is 4.61. The molecular weight excluding hydrogens is 269 g/mol. The Bertz CT molecular complexity index is 270. The van der Waals surface area contributed by atoms with Gasteiger partial charge in [-0.15, -0.1) is 0 Å². The molecule has 1 heterocycles. The van der Waals surface area contributed by atoms with Gasteiger partial charge in [0.25, 0.3) is 0 Å². The summed E-state index contributed by atoms with van der Waals surface area (Å²) in [7, 11) is 1.65. The number of nitrogens with zero attached hydrogens (tertiary/aromatic N) is 1. The van der Waals surface area contributed by atoms with E-state index in [-0.39, 0.29) is 0 Å². The molecule has 12 heavy (non-hydrogen) atoms. The number of ether oxygens (including phenoxy) is 1. The van der Waals surface area contributed by atoms with E-state index in [2.05, 4.69) is 22.6 Å². The van der Waals surface area contributed by atoms with Gasteiger partial charge >= 0.3 is 0 Å². The van der Waals surface area contributed by atoms with E-state index < -0.39 is 0 Å². The van der Waals surface area contributed by atoms with E-state index in [1.807, 2.05) is 16.8 Å². The van der Waals surface area contributed by atoms with Gasteiger partial charge in [0.05, 0.1) is 12.3 Å². The fourth-order valence-corrected chi connectivity index (χ4v) is 1.63. The first-order valence-electron chi connectivity index (χ1n) is 3.57. The minimum atomic E-state index is 0.631. The van der Waals surface area contributed by atoms with Crippen molar-refractivity contribution < 1.29 is 9.53 Å². The SMILES string of the molecule is COCCn1cc(I)cc1C=O. The zero-order chi connectivity index (χ0) is 8.97. The van der Waals surface area contributed by atoms with E-state index >= 15 is 0 Å². The molecule has 0 spiro atoms. The molecule has 0 bridgehead atoms. The number of hydrogen-bond acceptors (Lipinski definition) is 2. The van der Waals surface area contributed by atoms with Gasteiger partial charge in [-0.25, -0.2) is 0 Å². The zero-order valence-electron chi connectivity index (χ0n) is 6.79. The van der Waals surface area contributed by atoms with Crippen LogP contribution in [0.15, 0.2) is 12.3 Å². The number of aromatic nitrogens is 1. The molecule has 0 radical (unpaired) electrons. The summed E-state index contributed by atoms with van der Waals surface area (Å²) in [4.78, 5) is 10.5. The number of hydrogen-bond donors (Lipinski definition) is 0. The Hall–Kier alpha value is -0.360. The highest BCUT2D eigenvalue weighted by Gasteiger charge is 2.01. The third kappa shape index (κ3) is 2.31. The van der Waals surface area contributed by atoms with Gasteiger partial charge in [0.1, 0.15) is 0 Å². The van der Waals surface area contributed by atoms with Gasteiger partial charge in [-0.05, 0) is 28.7 Å². The Labute approximate surface area is 84.8 Å². The van der Waals surface area contributed by atoms with Crippen molar-refractivity contribution in [2.24, 2.45) is 0 Å². The highest BCUT2D eigenvalue weighted by Crippen LogP contribution is 2.09. The molecular formula is C8H10INO2. The van der Waals surface area contributed by atoms with Gasteiger partial charge < -0.3 is 9.30 Å². The normalized spacial score (nSPS) is 10.2. The van der Waals surface area contributed by atoms with Crippen molar-refractivity contribution in [2.75, 3.05) is 13.7 Å². The van der Waals surface area contributed by atoms with Crippen LogP contribution >= 0.6 is 22.6 Å². The molecule has 0 fully saturated rings. The molecule has 0 aliphatic carbocycles. The molecule has 0 N–H and O–H groups in total. The number of halogens is 1. The highest BCUT2D eigenvalue weighted by molar-refractivity contribution is 14.1. The van der Waals surface area contributed by atoms with Crippen LogP contribution in [0.3, 0.4) is 0 Å². The average molecular weight is 279 g/mol. The lowest BCUT2D eigenvalue weighted by Gasteiger charge is -2.02. The Morgan fingerprint density at radius 3 is 3.08 bits per heavy atom. The van der Waals surface area contributed by atoms with Crippen LogP contribution < -0.4 is 0 Å². The molecule has 0 aliphatic heterocycles. The maximum atomic E-state index is 10.5. The summed E-state index contributed by atoms with van der Waals surface area (Å²) in [5, 5.41) is 0. The lowest BCUT2D eigenvalue weighted by atomic mass is 10.5. The summed E-state index contributed by atoms with van der Waals surface area (Å²) in [6.07, 6.45) is 2.79. The van der Waals surface area contributed by atoms with E-state index in [0.29, 0.717) is 12.3 Å². The molecule has 66 valence electrons. The average Bonchev–Trinajstić information content (AvgIpc) is 2.42. The first-order chi connectivity index (χ1) is 5.77. The van der Waals surface area contributed by atoms with Gasteiger partial charge in [0.15, 0.2) is 6.29 Å². The lowest BCUT2D eigenvalue weighted by Crippen LogP contribution is -2.05. The molecule has 0 atom stereocenters. The molecule has 0 aromatic carbocycles. The highest BCUT2D eigenvalue weighted by atomic mass is 127. The Balaban J connectivity index is 2.74. The Kier molecular flexibility index (Phi) is 3.74. The summed E-state index contributed by atoms with van der Waals surface area (Å²) >= 11 is 2.18. The lowest BCUT2D eigenvalue weighted by molar-refractivity contribution is 0.111. The third-order valence-electron chi connectivity index (χ3n) is 1.55. The van der Waals surface area contributed by atoms with Gasteiger partial charge in [0, 0.05) is 23.4 Å². The molecule has 4 heteroatoms. The van der Waals surface area contributed by atoms with E-state index in [0.717, 1.165) is 16.4 Å². The summed E-state index contributed by atoms with van der Waals surface area (Å²) < 4.78 is 7.88. The number of carbonyl (C=O) groups is 1. The summed E-state index contributed by atoms with van der Waals surface area (Å²) in [5.41, 5.74) is 0.705. The molecule has 1 aromatic rings. The molecule has 1 aromatic heterocycles. The van der Waals surface area contributed by atoms with Gasteiger partial charge in [0.2, 0.25) is 0 Å². The molecule has 0 aliphatic rings. The Morgan fingerprint density at radius 2 is 2.50 bits per heavy atom. The number of rotatable bonds is 4. The van der Waals surface area contributed by atoms with Crippen molar-refractivity contribution in [3.8, 4) is 0 Å². The monoisotopic (exact) mass is 279 g/mol. The van der Waals surface area contributed by atoms with Crippen molar-refractivity contribution >= 4 is 28.9 Å². The number of aldehydes is 1. The van der Waals surface area contributed by atoms with Crippen LogP contribution in [-0.4, -0.2) is 24.6 Å². The van der Waals surface area contributed by atoms with E-state index in [9.17, 15) is 4.79 Å². The van der Waals surface area contributed by atoms with E-state index in [1.165, 1.54) is 0 Å². The zero-order valence-corrected chi connectivity index (χ0v) is 8.95. The summed E-state index contributed by atoms with van der Waals surface area (Å²) in [6.45, 7) is 1.36. The third-order valence-corrected chi connectivity index (χ3v) is 2.14. The fourth-order valence-electron chi connectivity index (χ4n) is 0.970. The molecule has 0 amide bonds. The van der Waals surface area contributed by atoms with Gasteiger partial charge in [-0.2, -0.15) is 0 Å². The van der Waals surface area contributed by atoms with E-state index in [1.54, 1.807) is 7.11 Å². The predicted octanol–water partition coefficient (Wildman–Crippen LogP) is 1.55. The predicted molar refractivity (Wildman–Crippen MR) is 54.4 cm³/mol. The van der Waals surface area contributed by atoms with Crippen molar-refractivity contribution in [2.45, 2.75) is 6.54 Å². The second-order valence-electron chi connectivity index (χ2n) is 2.39. The van der Waals surface area contributed by atoms with Crippen molar-refractivity contribution in [1.29, 1.82) is 0 Å². The molecule has 0 unspecified atom stereocenters. The molecule has 3 nitrogen and oxygen atoms in total. The second-order valence-corrected chi connectivity index (χ2v) is 3.63. The van der Waals surface area contributed by atoms with Crippen molar-refractivity contribution in [1.82, 2.24) is 4.57 Å². The fraction of sp³-hybridized carbons (Fsp3) is 0.375. The number of methoxy groups -OCH3 is 1. The van der Waals surface area contributed by atoms with Crippen molar-refractivity contribution in [3.05, 3.63) is 21.5 Å². The number of carbonyl (C=O) groups excluding carboxylic acids is 1. The summed E-state index contributed by atoms with van der Waals surface area (Å²) in [6, 6.07) is 1.85. The van der Waals surface area contributed by atoms with Crippen LogP contribution in [0.4, 0.5) is 0 Å². The summed E-state index contributed by atoms with van der Waals surface area (Å²) in [5.74, 6) is 0. The van der Waals surface area contributed by atoms with Crippen molar-refractivity contribution in [3.63, 3.8) is 0 Å². The molecule has 1 rings (SSSR count). The van der Waals surface area contributed by atoms with Crippen LogP contribution in [-0.2, 0) is 11.3 Å². The quantitative estimate of drug-likeness (QED) is 0.618. The maximum Gasteiger partial charge on any atom is 0.166 e. The van der Waals surface area contributed by atoms with Crippen LogP contribution in [0.2, 0.25) is 0 Å². The van der Waals surface area contributed by atoms with Crippen LogP contribution in [0.1, 0.15) is 10.5 Å².